The minimum absolute atomic E-state index is 0. The zero-order chi connectivity index (χ0) is 11.1. The van der Waals surface area contributed by atoms with E-state index in [1.165, 1.54) is 52.0 Å². The summed E-state index contributed by atoms with van der Waals surface area (Å²) in [6, 6.07) is 0. The second kappa shape index (κ2) is 5.04. The SMILES string of the molecule is CC1(CN2CCC3(CCOC3)C2)CCNC1.Cl. The van der Waals surface area contributed by atoms with Crippen LogP contribution in [0, 0.1) is 10.8 Å². The summed E-state index contributed by atoms with van der Waals surface area (Å²) in [6.45, 7) is 10.7. The summed E-state index contributed by atoms with van der Waals surface area (Å²) in [4.78, 5) is 2.68. The standard InChI is InChI=1S/C13H24N2O.ClH/c1-12(2-5-14-8-12)9-15-6-3-13(10-15)4-7-16-11-13;/h14H,2-11H2,1H3;1H. The van der Waals surface area contributed by atoms with Gasteiger partial charge in [0, 0.05) is 31.7 Å². The number of nitrogens with one attached hydrogen (secondary N) is 1. The average Bonchev–Trinajstić information content (AvgIpc) is 2.93. The van der Waals surface area contributed by atoms with Gasteiger partial charge in [0.25, 0.3) is 0 Å². The normalized spacial score (nSPS) is 42.2. The molecule has 1 spiro atoms. The van der Waals surface area contributed by atoms with Gasteiger partial charge in [0.15, 0.2) is 0 Å². The fraction of sp³-hybridized carbons (Fsp3) is 1.00. The van der Waals surface area contributed by atoms with Gasteiger partial charge in [-0.3, -0.25) is 0 Å². The Hall–Kier alpha value is 0.170. The summed E-state index contributed by atoms with van der Waals surface area (Å²) in [5, 5.41) is 3.50. The second-order valence-corrected chi connectivity index (χ2v) is 6.50. The molecular formula is C13H25ClN2O. The number of hydrogen-bond acceptors (Lipinski definition) is 3. The quantitative estimate of drug-likeness (QED) is 0.815. The van der Waals surface area contributed by atoms with E-state index in [0.717, 1.165) is 13.2 Å². The van der Waals surface area contributed by atoms with Gasteiger partial charge in [-0.15, -0.1) is 12.4 Å². The van der Waals surface area contributed by atoms with E-state index in [1.54, 1.807) is 0 Å². The molecule has 4 heteroatoms. The van der Waals surface area contributed by atoms with Gasteiger partial charge in [0.1, 0.15) is 0 Å². The smallest absolute Gasteiger partial charge is 0.0536 e. The maximum Gasteiger partial charge on any atom is 0.0536 e. The molecule has 0 saturated carbocycles. The van der Waals surface area contributed by atoms with E-state index in [1.807, 2.05) is 0 Å². The highest BCUT2D eigenvalue weighted by molar-refractivity contribution is 5.85. The molecule has 2 atom stereocenters. The Bertz CT molecular complexity index is 260. The molecule has 0 aromatic heterocycles. The maximum atomic E-state index is 5.59. The summed E-state index contributed by atoms with van der Waals surface area (Å²) in [7, 11) is 0. The minimum Gasteiger partial charge on any atom is -0.381 e. The van der Waals surface area contributed by atoms with Crippen LogP contribution in [0.5, 0.6) is 0 Å². The van der Waals surface area contributed by atoms with Crippen molar-refractivity contribution in [2.45, 2.75) is 26.2 Å². The molecule has 2 unspecified atom stereocenters. The summed E-state index contributed by atoms with van der Waals surface area (Å²) < 4.78 is 5.59. The van der Waals surface area contributed by atoms with Crippen LogP contribution in [-0.2, 0) is 4.74 Å². The van der Waals surface area contributed by atoms with E-state index in [-0.39, 0.29) is 12.4 Å². The van der Waals surface area contributed by atoms with Crippen LogP contribution in [0.4, 0.5) is 0 Å². The topological polar surface area (TPSA) is 24.5 Å². The van der Waals surface area contributed by atoms with Crippen molar-refractivity contribution in [1.82, 2.24) is 10.2 Å². The van der Waals surface area contributed by atoms with Gasteiger partial charge in [0.2, 0.25) is 0 Å². The van der Waals surface area contributed by atoms with Crippen LogP contribution in [-0.4, -0.2) is 50.8 Å². The number of hydrogen-bond donors (Lipinski definition) is 1. The molecule has 17 heavy (non-hydrogen) atoms. The lowest BCUT2D eigenvalue weighted by Gasteiger charge is -2.30. The monoisotopic (exact) mass is 260 g/mol. The van der Waals surface area contributed by atoms with Gasteiger partial charge in [-0.1, -0.05) is 6.92 Å². The van der Waals surface area contributed by atoms with E-state index in [4.69, 9.17) is 4.74 Å². The van der Waals surface area contributed by atoms with Gasteiger partial charge >= 0.3 is 0 Å². The van der Waals surface area contributed by atoms with Crippen molar-refractivity contribution in [1.29, 1.82) is 0 Å². The lowest BCUT2D eigenvalue weighted by atomic mass is 9.86. The third-order valence-corrected chi connectivity index (χ3v) is 4.76. The number of ether oxygens (including phenoxy) is 1. The molecule has 3 fully saturated rings. The van der Waals surface area contributed by atoms with Gasteiger partial charge in [-0.25, -0.2) is 0 Å². The van der Waals surface area contributed by atoms with Crippen LogP contribution in [0.25, 0.3) is 0 Å². The summed E-state index contributed by atoms with van der Waals surface area (Å²) in [6.07, 6.45) is 3.99. The molecule has 0 radical (unpaired) electrons. The van der Waals surface area contributed by atoms with Crippen LogP contribution in [0.15, 0.2) is 0 Å². The van der Waals surface area contributed by atoms with Crippen molar-refractivity contribution < 1.29 is 4.74 Å². The fourth-order valence-electron chi connectivity index (χ4n) is 3.68. The largest absolute Gasteiger partial charge is 0.381 e. The van der Waals surface area contributed by atoms with Crippen molar-refractivity contribution in [2.24, 2.45) is 10.8 Å². The number of rotatable bonds is 2. The average molecular weight is 261 g/mol. The van der Waals surface area contributed by atoms with Crippen molar-refractivity contribution in [3.05, 3.63) is 0 Å². The molecule has 3 rings (SSSR count). The lowest BCUT2D eigenvalue weighted by molar-refractivity contribution is 0.143. The first-order valence-electron chi connectivity index (χ1n) is 6.71. The molecule has 100 valence electrons. The number of halogens is 1. The molecule has 3 aliphatic rings. The molecule has 3 nitrogen and oxygen atoms in total. The second-order valence-electron chi connectivity index (χ2n) is 6.50. The Morgan fingerprint density at radius 1 is 1.29 bits per heavy atom. The van der Waals surface area contributed by atoms with Gasteiger partial charge in [0.05, 0.1) is 6.61 Å². The van der Waals surface area contributed by atoms with Crippen LogP contribution >= 0.6 is 12.4 Å². The fourth-order valence-corrected chi connectivity index (χ4v) is 3.68. The summed E-state index contributed by atoms with van der Waals surface area (Å²) in [5.41, 5.74) is 1.05. The van der Waals surface area contributed by atoms with Crippen molar-refractivity contribution in [3.63, 3.8) is 0 Å². The number of nitrogens with zero attached hydrogens (tertiary/aromatic N) is 1. The molecular weight excluding hydrogens is 236 g/mol. The summed E-state index contributed by atoms with van der Waals surface area (Å²) >= 11 is 0. The first kappa shape index (κ1) is 13.6. The van der Waals surface area contributed by atoms with Crippen LogP contribution in [0.2, 0.25) is 0 Å². The summed E-state index contributed by atoms with van der Waals surface area (Å²) in [5.74, 6) is 0. The van der Waals surface area contributed by atoms with Crippen LogP contribution in [0.1, 0.15) is 26.2 Å². The highest BCUT2D eigenvalue weighted by Gasteiger charge is 2.43. The van der Waals surface area contributed by atoms with E-state index in [2.05, 4.69) is 17.1 Å². The number of likely N-dealkylation sites (tertiary alicyclic amines) is 1. The Balaban J connectivity index is 0.00000108. The Labute approximate surface area is 111 Å². The van der Waals surface area contributed by atoms with Gasteiger partial charge < -0.3 is 15.0 Å². The maximum absolute atomic E-state index is 5.59. The molecule has 0 bridgehead atoms. The molecule has 3 aliphatic heterocycles. The molecule has 3 saturated heterocycles. The molecule has 0 amide bonds. The molecule has 3 heterocycles. The highest BCUT2D eigenvalue weighted by Crippen LogP contribution is 2.39. The molecule has 0 aliphatic carbocycles. The highest BCUT2D eigenvalue weighted by atomic mass is 35.5. The Morgan fingerprint density at radius 2 is 2.18 bits per heavy atom. The predicted octanol–water partition coefficient (Wildman–Crippen LogP) is 1.52. The molecule has 1 N–H and O–H groups in total. The van der Waals surface area contributed by atoms with E-state index >= 15 is 0 Å². The van der Waals surface area contributed by atoms with E-state index in [0.29, 0.717) is 10.8 Å². The zero-order valence-corrected chi connectivity index (χ0v) is 11.7. The lowest BCUT2D eigenvalue weighted by Crippen LogP contribution is -2.37. The third-order valence-electron chi connectivity index (χ3n) is 4.76. The minimum atomic E-state index is 0. The first-order valence-corrected chi connectivity index (χ1v) is 6.71. The van der Waals surface area contributed by atoms with Gasteiger partial charge in [-0.2, -0.15) is 0 Å². The first-order chi connectivity index (χ1) is 7.70. The van der Waals surface area contributed by atoms with Crippen molar-refractivity contribution in [3.8, 4) is 0 Å². The van der Waals surface area contributed by atoms with Gasteiger partial charge in [-0.05, 0) is 37.8 Å². The van der Waals surface area contributed by atoms with E-state index in [9.17, 15) is 0 Å². The Morgan fingerprint density at radius 3 is 2.82 bits per heavy atom. The van der Waals surface area contributed by atoms with E-state index < -0.39 is 0 Å². The predicted molar refractivity (Wildman–Crippen MR) is 71.8 cm³/mol. The third kappa shape index (κ3) is 2.78. The molecule has 0 aromatic carbocycles. The van der Waals surface area contributed by atoms with Crippen LogP contribution in [0.3, 0.4) is 0 Å². The van der Waals surface area contributed by atoms with Crippen molar-refractivity contribution in [2.75, 3.05) is 45.9 Å². The Kier molecular flexibility index (Phi) is 4.03. The zero-order valence-electron chi connectivity index (χ0n) is 10.8. The molecule has 0 aromatic rings. The van der Waals surface area contributed by atoms with Crippen molar-refractivity contribution >= 4 is 12.4 Å². The van der Waals surface area contributed by atoms with Crippen LogP contribution < -0.4 is 5.32 Å².